The Balaban J connectivity index is 2.09. The molecule has 0 bridgehead atoms. The molecule has 5 atom stereocenters. The average Bonchev–Trinajstić information content (AvgIpc) is 2.72. The number of hydrogen-bond donors (Lipinski definition) is 4. The van der Waals surface area contributed by atoms with Gasteiger partial charge in [-0.3, -0.25) is 4.84 Å². The lowest BCUT2D eigenvalue weighted by Crippen LogP contribution is -2.46. The van der Waals surface area contributed by atoms with Gasteiger partial charge in [0.25, 0.3) is 0 Å². The lowest BCUT2D eigenvalue weighted by atomic mass is 10.1. The molecule has 0 amide bonds. The minimum absolute atomic E-state index is 0.376. The monoisotopic (exact) mass is 271 g/mol. The number of ether oxygens (including phenoxy) is 2. The number of hydrogen-bond acceptors (Lipinski definition) is 7. The van der Waals surface area contributed by atoms with E-state index >= 15 is 0 Å². The lowest BCUT2D eigenvalue weighted by molar-refractivity contribution is -0.147. The summed E-state index contributed by atoms with van der Waals surface area (Å²) in [4.78, 5) is 4.60. The van der Waals surface area contributed by atoms with Crippen LogP contribution in [0.4, 0.5) is 0 Å². The highest BCUT2D eigenvalue weighted by Gasteiger charge is 2.48. The van der Waals surface area contributed by atoms with E-state index in [1.807, 2.05) is 6.07 Å². The van der Waals surface area contributed by atoms with Gasteiger partial charge in [0.15, 0.2) is 12.4 Å². The molecule has 7 heteroatoms. The Bertz CT molecular complexity index is 389. The first-order valence-corrected chi connectivity index (χ1v) is 5.87. The van der Waals surface area contributed by atoms with E-state index in [2.05, 4.69) is 4.84 Å². The van der Waals surface area contributed by atoms with E-state index in [1.165, 1.54) is 0 Å². The fraction of sp³-hybridized carbons (Fsp3) is 0.500. The summed E-state index contributed by atoms with van der Waals surface area (Å²) in [7, 11) is 0. The van der Waals surface area contributed by atoms with Gasteiger partial charge in [0.2, 0.25) is 0 Å². The fourth-order valence-corrected chi connectivity index (χ4v) is 2.01. The highest BCUT2D eigenvalue weighted by Crippen LogP contribution is 2.26. The van der Waals surface area contributed by atoms with Crippen LogP contribution in [0.15, 0.2) is 30.3 Å². The zero-order chi connectivity index (χ0) is 13.8. The molecule has 0 radical (unpaired) electrons. The van der Waals surface area contributed by atoms with Crippen LogP contribution in [-0.2, 0) is 9.57 Å². The van der Waals surface area contributed by atoms with Crippen molar-refractivity contribution in [2.24, 2.45) is 5.90 Å². The largest absolute Gasteiger partial charge is 0.485 e. The Hall–Kier alpha value is -1.22. The Morgan fingerprint density at radius 2 is 1.95 bits per heavy atom. The van der Waals surface area contributed by atoms with Crippen LogP contribution in [0.5, 0.6) is 5.75 Å². The maximum absolute atomic E-state index is 9.62. The third-order valence-electron chi connectivity index (χ3n) is 2.98. The van der Waals surface area contributed by atoms with E-state index in [0.717, 1.165) is 0 Å². The van der Waals surface area contributed by atoms with Crippen molar-refractivity contribution in [3.8, 4) is 5.75 Å². The van der Waals surface area contributed by atoms with Gasteiger partial charge < -0.3 is 24.8 Å². The standard InChI is InChI=1S/C12H17NO6/c13-19-11-9(15)12(16)18-10(11)8(6-14)17-7-4-2-1-3-5-7/h1-5,8-12,14-16H,6,13H2/t8-,9+,10-,11+,12?/m1/s1. The molecule has 2 rings (SSSR count). The lowest BCUT2D eigenvalue weighted by Gasteiger charge is -2.25. The number of aliphatic hydroxyl groups excluding tert-OH is 3. The SMILES string of the molecule is NO[C@@H]1[C@@H]([C@@H](CO)Oc2ccccc2)OC(O)[C@H]1O. The van der Waals surface area contributed by atoms with Gasteiger partial charge in [-0.05, 0) is 12.1 Å². The highest BCUT2D eigenvalue weighted by molar-refractivity contribution is 5.21. The number of benzene rings is 1. The van der Waals surface area contributed by atoms with Crippen LogP contribution in [0, 0.1) is 0 Å². The summed E-state index contributed by atoms with van der Waals surface area (Å²) in [5, 5.41) is 28.4. The normalized spacial score (nSPS) is 32.2. The maximum Gasteiger partial charge on any atom is 0.184 e. The average molecular weight is 271 g/mol. The molecule has 1 aromatic rings. The first-order chi connectivity index (χ1) is 9.17. The zero-order valence-corrected chi connectivity index (χ0v) is 10.1. The van der Waals surface area contributed by atoms with Crippen LogP contribution in [0.25, 0.3) is 0 Å². The third-order valence-corrected chi connectivity index (χ3v) is 2.98. The van der Waals surface area contributed by atoms with Gasteiger partial charge in [-0.2, -0.15) is 0 Å². The first-order valence-electron chi connectivity index (χ1n) is 5.87. The van der Waals surface area contributed by atoms with Crippen molar-refractivity contribution >= 4 is 0 Å². The quantitative estimate of drug-likeness (QED) is 0.495. The Morgan fingerprint density at radius 3 is 2.53 bits per heavy atom. The minimum Gasteiger partial charge on any atom is -0.485 e. The summed E-state index contributed by atoms with van der Waals surface area (Å²) in [6.07, 6.45) is -5.38. The van der Waals surface area contributed by atoms with Gasteiger partial charge in [-0.15, -0.1) is 0 Å². The summed E-state index contributed by atoms with van der Waals surface area (Å²) in [6, 6.07) is 8.80. The van der Waals surface area contributed by atoms with E-state index in [-0.39, 0.29) is 6.61 Å². The Morgan fingerprint density at radius 1 is 1.26 bits per heavy atom. The molecular formula is C12H17NO6. The molecule has 0 saturated carbocycles. The van der Waals surface area contributed by atoms with Crippen LogP contribution >= 0.6 is 0 Å². The second kappa shape index (κ2) is 6.29. The molecule has 7 nitrogen and oxygen atoms in total. The van der Waals surface area contributed by atoms with Gasteiger partial charge in [0.05, 0.1) is 6.61 Å². The van der Waals surface area contributed by atoms with Crippen molar-refractivity contribution in [1.29, 1.82) is 0 Å². The van der Waals surface area contributed by atoms with Crippen LogP contribution in [0.2, 0.25) is 0 Å². The van der Waals surface area contributed by atoms with Gasteiger partial charge in [-0.1, -0.05) is 18.2 Å². The van der Waals surface area contributed by atoms with Crippen molar-refractivity contribution in [1.82, 2.24) is 0 Å². The molecule has 106 valence electrons. The molecule has 0 spiro atoms. The predicted molar refractivity (Wildman–Crippen MR) is 63.9 cm³/mol. The molecule has 1 heterocycles. The second-order valence-electron chi connectivity index (χ2n) is 4.23. The van der Waals surface area contributed by atoms with E-state index in [0.29, 0.717) is 5.75 Å². The van der Waals surface area contributed by atoms with Gasteiger partial charge >= 0.3 is 0 Å². The van der Waals surface area contributed by atoms with Crippen molar-refractivity contribution in [3.05, 3.63) is 30.3 Å². The fourth-order valence-electron chi connectivity index (χ4n) is 2.01. The molecular weight excluding hydrogens is 254 g/mol. The molecule has 1 saturated heterocycles. The first kappa shape index (κ1) is 14.2. The number of aliphatic hydroxyl groups is 3. The maximum atomic E-state index is 9.62. The molecule has 0 aliphatic carbocycles. The Kier molecular flexibility index (Phi) is 4.70. The topological polar surface area (TPSA) is 114 Å². The predicted octanol–water partition coefficient (Wildman–Crippen LogP) is -1.24. The van der Waals surface area contributed by atoms with E-state index < -0.39 is 30.7 Å². The van der Waals surface area contributed by atoms with Gasteiger partial charge in [0, 0.05) is 0 Å². The van der Waals surface area contributed by atoms with E-state index in [4.69, 9.17) is 15.4 Å². The minimum atomic E-state index is -1.42. The van der Waals surface area contributed by atoms with Crippen LogP contribution in [0.1, 0.15) is 0 Å². The molecule has 1 aliphatic heterocycles. The van der Waals surface area contributed by atoms with Crippen molar-refractivity contribution in [3.63, 3.8) is 0 Å². The van der Waals surface area contributed by atoms with Crippen molar-refractivity contribution in [2.75, 3.05) is 6.61 Å². The number of para-hydroxylation sites is 1. The van der Waals surface area contributed by atoms with Gasteiger partial charge in [0.1, 0.15) is 24.1 Å². The third kappa shape index (κ3) is 3.03. The summed E-state index contributed by atoms with van der Waals surface area (Å²) in [5.74, 6) is 5.60. The van der Waals surface area contributed by atoms with Crippen LogP contribution in [-0.4, -0.2) is 52.6 Å². The summed E-state index contributed by atoms with van der Waals surface area (Å²) in [6.45, 7) is -0.376. The Labute approximate surface area is 110 Å². The summed E-state index contributed by atoms with van der Waals surface area (Å²) < 4.78 is 10.7. The summed E-state index contributed by atoms with van der Waals surface area (Å²) in [5.41, 5.74) is 0. The second-order valence-corrected chi connectivity index (χ2v) is 4.23. The molecule has 5 N–H and O–H groups in total. The van der Waals surface area contributed by atoms with E-state index in [9.17, 15) is 15.3 Å². The number of nitrogens with two attached hydrogens (primary N) is 1. The number of rotatable bonds is 5. The molecule has 0 aromatic heterocycles. The molecule has 1 fully saturated rings. The highest BCUT2D eigenvalue weighted by atomic mass is 16.7. The smallest absolute Gasteiger partial charge is 0.184 e. The summed E-state index contributed by atoms with van der Waals surface area (Å²) >= 11 is 0. The molecule has 1 aliphatic rings. The molecule has 1 unspecified atom stereocenters. The zero-order valence-electron chi connectivity index (χ0n) is 10.1. The van der Waals surface area contributed by atoms with Crippen molar-refractivity contribution in [2.45, 2.75) is 30.7 Å². The van der Waals surface area contributed by atoms with Crippen molar-refractivity contribution < 1.29 is 29.6 Å². The van der Waals surface area contributed by atoms with Crippen LogP contribution in [0.3, 0.4) is 0 Å². The van der Waals surface area contributed by atoms with Crippen LogP contribution < -0.4 is 10.6 Å². The van der Waals surface area contributed by atoms with Gasteiger partial charge in [-0.25, -0.2) is 5.90 Å². The molecule has 1 aromatic carbocycles. The van der Waals surface area contributed by atoms with E-state index in [1.54, 1.807) is 24.3 Å². The molecule has 19 heavy (non-hydrogen) atoms.